The predicted molar refractivity (Wildman–Crippen MR) is 109 cm³/mol. The van der Waals surface area contributed by atoms with Crippen LogP contribution in [0.2, 0.25) is 5.02 Å². The summed E-state index contributed by atoms with van der Waals surface area (Å²) in [4.78, 5) is 12.9. The summed E-state index contributed by atoms with van der Waals surface area (Å²) in [6.45, 7) is 0. The maximum Gasteiger partial charge on any atom is 0.319 e. The van der Waals surface area contributed by atoms with Crippen molar-refractivity contribution < 1.29 is 13.9 Å². The molecule has 1 fully saturated rings. The van der Waals surface area contributed by atoms with Crippen LogP contribution in [0.3, 0.4) is 0 Å². The largest absolute Gasteiger partial charge is 0.480 e. The van der Waals surface area contributed by atoms with Gasteiger partial charge in [0.1, 0.15) is 5.82 Å². The first-order chi connectivity index (χ1) is 14.6. The molecule has 0 spiro atoms. The number of ether oxygens (including phenoxy) is 2. The SMILES string of the molecule is COc1ncc(-c2cc([C@H]3C[C@@H]3c3ccc(Cl)c(F)c3)c3nccn3n2)c(OC)n1. The molecule has 1 aliphatic carbocycles. The molecule has 0 bridgehead atoms. The molecule has 1 saturated carbocycles. The molecule has 0 saturated heterocycles. The van der Waals surface area contributed by atoms with Gasteiger partial charge in [-0.1, -0.05) is 17.7 Å². The number of hydrogen-bond donors (Lipinski definition) is 0. The van der Waals surface area contributed by atoms with Crippen molar-refractivity contribution in [3.05, 3.63) is 64.8 Å². The van der Waals surface area contributed by atoms with Gasteiger partial charge < -0.3 is 9.47 Å². The average Bonchev–Trinajstić information content (AvgIpc) is 3.42. The van der Waals surface area contributed by atoms with Gasteiger partial charge in [-0.05, 0) is 42.0 Å². The lowest BCUT2D eigenvalue weighted by molar-refractivity contribution is 0.353. The molecule has 0 amide bonds. The van der Waals surface area contributed by atoms with E-state index in [-0.39, 0.29) is 22.9 Å². The van der Waals surface area contributed by atoms with Gasteiger partial charge in [0.2, 0.25) is 5.88 Å². The highest BCUT2D eigenvalue weighted by molar-refractivity contribution is 6.30. The molecule has 3 heterocycles. The fraction of sp³-hybridized carbons (Fsp3) is 0.238. The monoisotopic (exact) mass is 425 g/mol. The summed E-state index contributed by atoms with van der Waals surface area (Å²) < 4.78 is 26.2. The van der Waals surface area contributed by atoms with Crippen LogP contribution in [-0.2, 0) is 0 Å². The lowest BCUT2D eigenvalue weighted by atomic mass is 10.0. The Kier molecular flexibility index (Phi) is 4.51. The minimum absolute atomic E-state index is 0.129. The van der Waals surface area contributed by atoms with Gasteiger partial charge in [0.15, 0.2) is 5.65 Å². The van der Waals surface area contributed by atoms with Gasteiger partial charge in [0.05, 0.1) is 30.5 Å². The number of nitrogens with zero attached hydrogens (tertiary/aromatic N) is 5. The lowest BCUT2D eigenvalue weighted by Gasteiger charge is -2.10. The Hall–Kier alpha value is -3.26. The van der Waals surface area contributed by atoms with Crippen LogP contribution >= 0.6 is 11.6 Å². The van der Waals surface area contributed by atoms with Crippen LogP contribution in [0.25, 0.3) is 16.9 Å². The van der Waals surface area contributed by atoms with Crippen LogP contribution in [0.5, 0.6) is 11.9 Å². The van der Waals surface area contributed by atoms with E-state index >= 15 is 0 Å². The van der Waals surface area contributed by atoms with Gasteiger partial charge in [-0.15, -0.1) is 0 Å². The highest BCUT2D eigenvalue weighted by atomic mass is 35.5. The number of methoxy groups -OCH3 is 2. The van der Waals surface area contributed by atoms with Gasteiger partial charge in [-0.3, -0.25) is 0 Å². The second-order valence-electron chi connectivity index (χ2n) is 7.08. The Morgan fingerprint density at radius 3 is 2.77 bits per heavy atom. The van der Waals surface area contributed by atoms with Crippen molar-refractivity contribution >= 4 is 17.2 Å². The molecule has 7 nitrogen and oxygen atoms in total. The van der Waals surface area contributed by atoms with Crippen molar-refractivity contribution in [2.45, 2.75) is 18.3 Å². The van der Waals surface area contributed by atoms with E-state index in [2.05, 4.69) is 20.1 Å². The predicted octanol–water partition coefficient (Wildman–Crippen LogP) is 4.27. The lowest BCUT2D eigenvalue weighted by Crippen LogP contribution is -2.02. The van der Waals surface area contributed by atoms with Crippen molar-refractivity contribution in [2.75, 3.05) is 14.2 Å². The van der Waals surface area contributed by atoms with Crippen LogP contribution < -0.4 is 9.47 Å². The van der Waals surface area contributed by atoms with Crippen LogP contribution in [0.4, 0.5) is 4.39 Å². The Morgan fingerprint density at radius 2 is 2.00 bits per heavy atom. The molecule has 1 aromatic carbocycles. The minimum atomic E-state index is -0.402. The molecular weight excluding hydrogens is 409 g/mol. The first kappa shape index (κ1) is 18.7. The second-order valence-corrected chi connectivity index (χ2v) is 7.49. The highest BCUT2D eigenvalue weighted by Crippen LogP contribution is 2.56. The Balaban J connectivity index is 1.57. The standard InChI is InChI=1S/C21H17ClFN5O2/c1-29-20-15(10-25-21(26-20)30-2)18-9-14(19-24-5-6-28(19)27-18)13-8-12(13)11-3-4-16(22)17(23)7-11/h3-7,9-10,12-13H,8H2,1-2H3/t12-,13+/m1/s1. The smallest absolute Gasteiger partial charge is 0.319 e. The van der Waals surface area contributed by atoms with E-state index in [0.717, 1.165) is 23.2 Å². The molecule has 9 heteroatoms. The minimum Gasteiger partial charge on any atom is -0.480 e. The third kappa shape index (κ3) is 3.13. The molecule has 2 atom stereocenters. The molecular formula is C21H17ClFN5O2. The summed E-state index contributed by atoms with van der Waals surface area (Å²) >= 11 is 5.83. The Labute approximate surface area is 176 Å². The average molecular weight is 426 g/mol. The van der Waals surface area contributed by atoms with Gasteiger partial charge >= 0.3 is 6.01 Å². The van der Waals surface area contributed by atoms with Crippen molar-refractivity contribution in [2.24, 2.45) is 0 Å². The van der Waals surface area contributed by atoms with Gasteiger partial charge in [-0.25, -0.2) is 18.9 Å². The van der Waals surface area contributed by atoms with Gasteiger partial charge in [-0.2, -0.15) is 10.1 Å². The maximum absolute atomic E-state index is 13.9. The van der Waals surface area contributed by atoms with Crippen LogP contribution in [-0.4, -0.2) is 38.8 Å². The van der Waals surface area contributed by atoms with Crippen molar-refractivity contribution in [1.29, 1.82) is 0 Å². The zero-order valence-electron chi connectivity index (χ0n) is 16.2. The topological polar surface area (TPSA) is 74.4 Å². The first-order valence-corrected chi connectivity index (χ1v) is 9.71. The van der Waals surface area contributed by atoms with Crippen molar-refractivity contribution in [3.8, 4) is 23.1 Å². The van der Waals surface area contributed by atoms with Gasteiger partial charge in [0, 0.05) is 24.2 Å². The van der Waals surface area contributed by atoms with Gasteiger partial charge in [0.25, 0.3) is 0 Å². The van der Waals surface area contributed by atoms with Crippen molar-refractivity contribution in [3.63, 3.8) is 0 Å². The summed E-state index contributed by atoms with van der Waals surface area (Å²) in [5.41, 5.74) is 4.03. The summed E-state index contributed by atoms with van der Waals surface area (Å²) in [6.07, 6.45) is 6.01. The second kappa shape index (κ2) is 7.21. The normalized spacial score (nSPS) is 17.9. The Bertz CT molecular complexity index is 1260. The zero-order valence-corrected chi connectivity index (χ0v) is 17.0. The fourth-order valence-electron chi connectivity index (χ4n) is 3.78. The molecule has 0 aliphatic heterocycles. The van der Waals surface area contributed by atoms with Crippen LogP contribution in [0.15, 0.2) is 42.9 Å². The zero-order chi connectivity index (χ0) is 20.8. The van der Waals surface area contributed by atoms with E-state index in [0.29, 0.717) is 17.1 Å². The van der Waals surface area contributed by atoms with Crippen molar-refractivity contribution in [1.82, 2.24) is 24.6 Å². The van der Waals surface area contributed by atoms with E-state index in [1.807, 2.05) is 12.1 Å². The number of fused-ring (bicyclic) bond motifs is 1. The summed E-state index contributed by atoms with van der Waals surface area (Å²) in [6, 6.07) is 7.18. The number of hydrogen-bond acceptors (Lipinski definition) is 6. The number of imidazole rings is 1. The van der Waals surface area contributed by atoms with Crippen LogP contribution in [0.1, 0.15) is 29.4 Å². The first-order valence-electron chi connectivity index (χ1n) is 9.33. The van der Waals surface area contributed by atoms with E-state index in [4.69, 9.17) is 21.1 Å². The summed E-state index contributed by atoms with van der Waals surface area (Å²) in [5, 5.41) is 4.77. The molecule has 0 N–H and O–H groups in total. The van der Waals surface area contributed by atoms with E-state index < -0.39 is 5.82 Å². The molecule has 4 aromatic rings. The molecule has 1 aliphatic rings. The van der Waals surface area contributed by atoms with E-state index in [1.165, 1.54) is 20.3 Å². The molecule has 30 heavy (non-hydrogen) atoms. The third-order valence-electron chi connectivity index (χ3n) is 5.33. The highest BCUT2D eigenvalue weighted by Gasteiger charge is 2.41. The molecule has 152 valence electrons. The van der Waals surface area contributed by atoms with E-state index in [9.17, 15) is 4.39 Å². The molecule has 3 aromatic heterocycles. The van der Waals surface area contributed by atoms with E-state index in [1.54, 1.807) is 29.2 Å². The molecule has 0 unspecified atom stereocenters. The third-order valence-corrected chi connectivity index (χ3v) is 5.64. The molecule has 0 radical (unpaired) electrons. The number of halogens is 2. The fourth-order valence-corrected chi connectivity index (χ4v) is 3.89. The Morgan fingerprint density at radius 1 is 1.13 bits per heavy atom. The molecule has 5 rings (SSSR count). The quantitative estimate of drug-likeness (QED) is 0.475. The van der Waals surface area contributed by atoms with Crippen LogP contribution in [0, 0.1) is 5.82 Å². The number of rotatable bonds is 5. The maximum atomic E-state index is 13.9. The number of aromatic nitrogens is 5. The summed E-state index contributed by atoms with van der Waals surface area (Å²) in [7, 11) is 3.03. The summed E-state index contributed by atoms with van der Waals surface area (Å²) in [5.74, 6) is 0.358. The number of benzene rings is 1.